The van der Waals surface area contributed by atoms with Crippen molar-refractivity contribution in [2.24, 2.45) is 0 Å². The molecule has 1 fully saturated rings. The van der Waals surface area contributed by atoms with Crippen LogP contribution in [0.5, 0.6) is 5.75 Å². The second-order valence-corrected chi connectivity index (χ2v) is 6.36. The van der Waals surface area contributed by atoms with E-state index >= 15 is 0 Å². The van der Waals surface area contributed by atoms with Crippen LogP contribution >= 0.6 is 11.6 Å². The molecule has 2 aromatic rings. The lowest BCUT2D eigenvalue weighted by Gasteiger charge is -2.39. The van der Waals surface area contributed by atoms with Crippen LogP contribution in [-0.2, 0) is 6.54 Å². The van der Waals surface area contributed by atoms with Crippen molar-refractivity contribution in [3.63, 3.8) is 0 Å². The molecule has 6 nitrogen and oxygen atoms in total. The monoisotopic (exact) mass is 361 g/mol. The largest absolute Gasteiger partial charge is 0.490 e. The average molecular weight is 362 g/mol. The van der Waals surface area contributed by atoms with Gasteiger partial charge in [0, 0.05) is 37.4 Å². The van der Waals surface area contributed by atoms with Gasteiger partial charge in [0.05, 0.1) is 12.2 Å². The van der Waals surface area contributed by atoms with Gasteiger partial charge in [-0.1, -0.05) is 29.8 Å². The van der Waals surface area contributed by atoms with E-state index in [1.54, 1.807) is 18.5 Å². The predicted octanol–water partition coefficient (Wildman–Crippen LogP) is 2.98. The van der Waals surface area contributed by atoms with Crippen molar-refractivity contribution in [3.8, 4) is 5.75 Å². The lowest BCUT2D eigenvalue weighted by Crippen LogP contribution is -2.56. The van der Waals surface area contributed by atoms with E-state index in [0.717, 1.165) is 10.6 Å². The number of halogens is 1. The maximum Gasteiger partial charge on any atom is 0.407 e. The Balaban J connectivity index is 1.65. The number of nitrogens with zero attached hydrogens (tertiary/aromatic N) is 3. The van der Waals surface area contributed by atoms with E-state index in [2.05, 4.69) is 9.88 Å². The lowest BCUT2D eigenvalue weighted by atomic mass is 10.1. The van der Waals surface area contributed by atoms with Crippen LogP contribution in [0.15, 0.2) is 48.8 Å². The molecule has 1 aromatic carbocycles. The van der Waals surface area contributed by atoms with Crippen LogP contribution in [0.2, 0.25) is 5.02 Å². The lowest BCUT2D eigenvalue weighted by molar-refractivity contribution is 0.0437. The van der Waals surface area contributed by atoms with Crippen LogP contribution in [0, 0.1) is 0 Å². The van der Waals surface area contributed by atoms with E-state index in [1.807, 2.05) is 30.3 Å². The van der Waals surface area contributed by atoms with Crippen LogP contribution < -0.4 is 4.74 Å². The molecule has 1 unspecified atom stereocenters. The second-order valence-electron chi connectivity index (χ2n) is 5.96. The number of carboxylic acid groups (broad SMARTS) is 1. The minimum absolute atomic E-state index is 0.242. The van der Waals surface area contributed by atoms with Crippen LogP contribution in [0.3, 0.4) is 0 Å². The molecular weight excluding hydrogens is 342 g/mol. The van der Waals surface area contributed by atoms with Crippen molar-refractivity contribution < 1.29 is 14.6 Å². The summed E-state index contributed by atoms with van der Waals surface area (Å²) in [7, 11) is 0. The Bertz CT molecular complexity index is 714. The minimum atomic E-state index is -0.919. The molecule has 3 rings (SSSR count). The second kappa shape index (κ2) is 8.18. The number of aromatic nitrogens is 1. The van der Waals surface area contributed by atoms with Crippen LogP contribution in [0.25, 0.3) is 0 Å². The quantitative estimate of drug-likeness (QED) is 0.886. The van der Waals surface area contributed by atoms with Crippen molar-refractivity contribution in [2.45, 2.75) is 12.6 Å². The van der Waals surface area contributed by atoms with Gasteiger partial charge in [0.2, 0.25) is 0 Å². The first kappa shape index (κ1) is 17.5. The third kappa shape index (κ3) is 4.61. The molecule has 0 saturated carbocycles. The van der Waals surface area contributed by atoms with E-state index in [0.29, 0.717) is 31.9 Å². The Labute approximate surface area is 151 Å². The summed E-state index contributed by atoms with van der Waals surface area (Å²) in [5.41, 5.74) is 1.04. The fourth-order valence-corrected chi connectivity index (χ4v) is 3.15. The topological polar surface area (TPSA) is 65.9 Å². The standard InChI is InChI=1S/C18H20ClN3O3/c19-17-6-2-1-4-14(17)11-21-8-9-22(18(23)24)15(12-21)13-25-16-5-3-7-20-10-16/h1-7,10,15H,8-9,11-13H2,(H,23,24). The van der Waals surface area contributed by atoms with Crippen molar-refractivity contribution >= 4 is 17.7 Å². The zero-order valence-corrected chi connectivity index (χ0v) is 14.5. The van der Waals surface area contributed by atoms with Crippen molar-refractivity contribution in [2.75, 3.05) is 26.2 Å². The zero-order chi connectivity index (χ0) is 17.6. The van der Waals surface area contributed by atoms with Crippen LogP contribution in [0.1, 0.15) is 5.56 Å². The summed E-state index contributed by atoms with van der Waals surface area (Å²) in [6, 6.07) is 11.1. The number of hydrogen-bond donors (Lipinski definition) is 1. The van der Waals surface area contributed by atoms with Gasteiger partial charge in [0.1, 0.15) is 12.4 Å². The summed E-state index contributed by atoms with van der Waals surface area (Å²) in [4.78, 5) is 19.2. The molecule has 1 amide bonds. The van der Waals surface area contributed by atoms with Gasteiger partial charge in [0.15, 0.2) is 0 Å². The highest BCUT2D eigenvalue weighted by Gasteiger charge is 2.31. The van der Waals surface area contributed by atoms with Crippen molar-refractivity contribution in [1.29, 1.82) is 0 Å². The minimum Gasteiger partial charge on any atom is -0.490 e. The normalized spacial score (nSPS) is 18.1. The van der Waals surface area contributed by atoms with Crippen molar-refractivity contribution in [1.82, 2.24) is 14.8 Å². The van der Waals surface area contributed by atoms with E-state index in [-0.39, 0.29) is 12.6 Å². The summed E-state index contributed by atoms with van der Waals surface area (Å²) in [6.45, 7) is 2.69. The molecule has 0 bridgehead atoms. The Morgan fingerprint density at radius 2 is 2.12 bits per heavy atom. The number of hydrogen-bond acceptors (Lipinski definition) is 4. The average Bonchev–Trinajstić information content (AvgIpc) is 2.63. The highest BCUT2D eigenvalue weighted by atomic mass is 35.5. The highest BCUT2D eigenvalue weighted by Crippen LogP contribution is 2.20. The molecule has 7 heteroatoms. The number of pyridine rings is 1. The Hall–Kier alpha value is -2.31. The van der Waals surface area contributed by atoms with E-state index in [1.165, 1.54) is 4.90 Å². The van der Waals surface area contributed by atoms with Crippen molar-refractivity contribution in [3.05, 3.63) is 59.4 Å². The summed E-state index contributed by atoms with van der Waals surface area (Å²) in [5.74, 6) is 0.635. The number of ether oxygens (including phenoxy) is 1. The first-order valence-electron chi connectivity index (χ1n) is 8.11. The van der Waals surface area contributed by atoms with E-state index in [4.69, 9.17) is 16.3 Å². The molecule has 132 valence electrons. The van der Waals surface area contributed by atoms with Gasteiger partial charge in [-0.25, -0.2) is 4.79 Å². The SMILES string of the molecule is O=C(O)N1CCN(Cc2ccccc2Cl)CC1COc1cccnc1. The summed E-state index contributed by atoms with van der Waals surface area (Å²) in [6.07, 6.45) is 2.37. The van der Waals surface area contributed by atoms with Gasteiger partial charge in [-0.3, -0.25) is 14.8 Å². The molecule has 1 aliphatic heterocycles. The number of rotatable bonds is 5. The highest BCUT2D eigenvalue weighted by molar-refractivity contribution is 6.31. The number of benzene rings is 1. The van der Waals surface area contributed by atoms with E-state index < -0.39 is 6.09 Å². The summed E-state index contributed by atoms with van der Waals surface area (Å²) < 4.78 is 5.73. The number of carbonyl (C=O) groups is 1. The van der Waals surface area contributed by atoms with Gasteiger partial charge in [0.25, 0.3) is 0 Å². The molecule has 1 N–H and O–H groups in total. The third-order valence-corrected chi connectivity index (χ3v) is 4.61. The Morgan fingerprint density at radius 3 is 2.84 bits per heavy atom. The Morgan fingerprint density at radius 1 is 1.28 bits per heavy atom. The van der Waals surface area contributed by atoms with Gasteiger partial charge in [-0.15, -0.1) is 0 Å². The smallest absolute Gasteiger partial charge is 0.407 e. The zero-order valence-electron chi connectivity index (χ0n) is 13.7. The third-order valence-electron chi connectivity index (χ3n) is 4.24. The molecule has 1 saturated heterocycles. The van der Waals surface area contributed by atoms with Gasteiger partial charge < -0.3 is 9.84 Å². The van der Waals surface area contributed by atoms with Crippen LogP contribution in [-0.4, -0.2) is 58.3 Å². The van der Waals surface area contributed by atoms with Gasteiger partial charge in [-0.2, -0.15) is 0 Å². The molecule has 0 radical (unpaired) electrons. The molecule has 0 aliphatic carbocycles. The van der Waals surface area contributed by atoms with E-state index in [9.17, 15) is 9.90 Å². The van der Waals surface area contributed by atoms with Gasteiger partial charge >= 0.3 is 6.09 Å². The molecular formula is C18H20ClN3O3. The maximum absolute atomic E-state index is 11.5. The molecule has 1 atom stereocenters. The molecule has 1 aliphatic rings. The molecule has 0 spiro atoms. The molecule has 1 aromatic heterocycles. The summed E-state index contributed by atoms with van der Waals surface area (Å²) >= 11 is 6.24. The Kier molecular flexibility index (Phi) is 5.73. The first-order valence-corrected chi connectivity index (χ1v) is 8.49. The first-order chi connectivity index (χ1) is 12.1. The van der Waals surface area contributed by atoms with Gasteiger partial charge in [-0.05, 0) is 23.8 Å². The fourth-order valence-electron chi connectivity index (χ4n) is 2.95. The number of piperazine rings is 1. The number of amides is 1. The summed E-state index contributed by atoms with van der Waals surface area (Å²) in [5, 5.41) is 10.2. The molecule has 25 heavy (non-hydrogen) atoms. The fraction of sp³-hybridized carbons (Fsp3) is 0.333. The van der Waals surface area contributed by atoms with Crippen LogP contribution in [0.4, 0.5) is 4.79 Å². The molecule has 2 heterocycles. The predicted molar refractivity (Wildman–Crippen MR) is 95.0 cm³/mol. The maximum atomic E-state index is 11.5.